The highest BCUT2D eigenvalue weighted by Gasteiger charge is 2.22. The fraction of sp³-hybridized carbons (Fsp3) is 0.273. The number of benzene rings is 1. The van der Waals surface area contributed by atoms with E-state index >= 15 is 0 Å². The molecule has 0 unspecified atom stereocenters. The second-order valence-electron chi connectivity index (χ2n) is 3.88. The third-order valence-electron chi connectivity index (χ3n) is 2.13. The van der Waals surface area contributed by atoms with Gasteiger partial charge in [-0.2, -0.15) is 0 Å². The zero-order valence-electron chi connectivity index (χ0n) is 7.76. The van der Waals surface area contributed by atoms with Gasteiger partial charge in [-0.3, -0.25) is 0 Å². The number of anilines is 1. The zero-order valence-corrected chi connectivity index (χ0v) is 9.35. The molecule has 1 nitrogen and oxygen atoms in total. The number of fused-ring (bicyclic) bond motifs is 1. The normalized spacial score (nSPS) is 18.5. The van der Waals surface area contributed by atoms with Crippen LogP contribution >= 0.6 is 15.9 Å². The summed E-state index contributed by atoms with van der Waals surface area (Å²) in [6.45, 7) is 4.31. The van der Waals surface area contributed by atoms with Gasteiger partial charge in [-0.05, 0) is 26.0 Å². The van der Waals surface area contributed by atoms with Crippen LogP contribution < -0.4 is 5.32 Å². The molecule has 0 spiro atoms. The van der Waals surface area contributed by atoms with E-state index in [1.54, 1.807) is 0 Å². The van der Waals surface area contributed by atoms with Gasteiger partial charge in [0.05, 0.1) is 5.54 Å². The molecule has 1 aromatic rings. The van der Waals surface area contributed by atoms with Crippen LogP contribution in [0, 0.1) is 0 Å². The average molecular weight is 238 g/mol. The van der Waals surface area contributed by atoms with E-state index in [1.165, 1.54) is 15.7 Å². The summed E-state index contributed by atoms with van der Waals surface area (Å²) >= 11 is 3.58. The van der Waals surface area contributed by atoms with Gasteiger partial charge in [0.15, 0.2) is 0 Å². The van der Waals surface area contributed by atoms with Crippen molar-refractivity contribution in [1.82, 2.24) is 0 Å². The van der Waals surface area contributed by atoms with Crippen molar-refractivity contribution in [2.45, 2.75) is 19.4 Å². The first-order valence-electron chi connectivity index (χ1n) is 4.34. The van der Waals surface area contributed by atoms with E-state index < -0.39 is 0 Å². The van der Waals surface area contributed by atoms with Crippen LogP contribution in [0.1, 0.15) is 19.4 Å². The lowest BCUT2D eigenvalue weighted by Gasteiger charge is -2.30. The summed E-state index contributed by atoms with van der Waals surface area (Å²) in [6.07, 6.45) is 2.19. The minimum atomic E-state index is 0.0349. The van der Waals surface area contributed by atoms with E-state index in [0.717, 1.165) is 0 Å². The number of nitrogens with one attached hydrogen (secondary N) is 1. The summed E-state index contributed by atoms with van der Waals surface area (Å²) in [7, 11) is 0. The van der Waals surface area contributed by atoms with Crippen LogP contribution in [0.2, 0.25) is 0 Å². The lowest BCUT2D eigenvalue weighted by Crippen LogP contribution is -2.31. The van der Waals surface area contributed by atoms with E-state index in [4.69, 9.17) is 0 Å². The van der Waals surface area contributed by atoms with Crippen molar-refractivity contribution >= 4 is 26.1 Å². The van der Waals surface area contributed by atoms with Gasteiger partial charge in [0, 0.05) is 15.7 Å². The van der Waals surface area contributed by atoms with Crippen molar-refractivity contribution in [2.24, 2.45) is 0 Å². The molecule has 0 aliphatic carbocycles. The topological polar surface area (TPSA) is 12.0 Å². The van der Waals surface area contributed by atoms with E-state index in [1.807, 2.05) is 12.1 Å². The first-order valence-corrected chi connectivity index (χ1v) is 5.14. The van der Waals surface area contributed by atoms with E-state index in [0.29, 0.717) is 0 Å². The third kappa shape index (κ3) is 1.63. The Morgan fingerprint density at radius 1 is 1.23 bits per heavy atom. The quantitative estimate of drug-likeness (QED) is 0.727. The van der Waals surface area contributed by atoms with Crippen LogP contribution in [-0.4, -0.2) is 5.54 Å². The molecule has 1 aromatic carbocycles. The van der Waals surface area contributed by atoms with Crippen LogP contribution in [0.4, 0.5) is 5.69 Å². The van der Waals surface area contributed by atoms with E-state index in [-0.39, 0.29) is 5.54 Å². The molecule has 2 heteroatoms. The maximum Gasteiger partial charge on any atom is 0.0514 e. The molecule has 68 valence electrons. The number of hydrogen-bond acceptors (Lipinski definition) is 1. The third-order valence-corrected chi connectivity index (χ3v) is 2.78. The van der Waals surface area contributed by atoms with Gasteiger partial charge in [-0.1, -0.05) is 34.1 Å². The molecule has 13 heavy (non-hydrogen) atoms. The van der Waals surface area contributed by atoms with Gasteiger partial charge < -0.3 is 5.32 Å². The highest BCUT2D eigenvalue weighted by atomic mass is 79.9. The van der Waals surface area contributed by atoms with Crippen molar-refractivity contribution < 1.29 is 0 Å². The monoisotopic (exact) mass is 237 g/mol. The number of para-hydroxylation sites is 1. The molecule has 0 atom stereocenters. The van der Waals surface area contributed by atoms with Crippen LogP contribution in [-0.2, 0) is 0 Å². The molecule has 0 aromatic heterocycles. The van der Waals surface area contributed by atoms with E-state index in [2.05, 4.69) is 53.3 Å². The Morgan fingerprint density at radius 2 is 1.92 bits per heavy atom. The minimum absolute atomic E-state index is 0.0349. The molecule has 2 rings (SSSR count). The van der Waals surface area contributed by atoms with Crippen molar-refractivity contribution in [2.75, 3.05) is 5.32 Å². The maximum atomic E-state index is 3.58. The molecule has 0 radical (unpaired) electrons. The van der Waals surface area contributed by atoms with Gasteiger partial charge in [-0.15, -0.1) is 0 Å². The van der Waals surface area contributed by atoms with Gasteiger partial charge in [0.1, 0.15) is 0 Å². The van der Waals surface area contributed by atoms with Crippen LogP contribution in [0.3, 0.4) is 0 Å². The van der Waals surface area contributed by atoms with Gasteiger partial charge in [0.2, 0.25) is 0 Å². The Bertz CT molecular complexity index is 366. The van der Waals surface area contributed by atoms with Gasteiger partial charge in [-0.25, -0.2) is 0 Å². The summed E-state index contributed by atoms with van der Waals surface area (Å²) in [5, 5.41) is 3.46. The smallest absolute Gasteiger partial charge is 0.0514 e. The molecule has 0 saturated heterocycles. The molecular formula is C11H12BrN. The van der Waals surface area contributed by atoms with Crippen LogP contribution in [0.5, 0.6) is 0 Å². The van der Waals surface area contributed by atoms with Crippen molar-refractivity contribution in [1.29, 1.82) is 0 Å². The summed E-state index contributed by atoms with van der Waals surface area (Å²) in [6, 6.07) is 8.31. The SMILES string of the molecule is CC1(C)C=C(Br)c2ccccc2N1. The molecule has 0 saturated carbocycles. The van der Waals surface area contributed by atoms with E-state index in [9.17, 15) is 0 Å². The molecule has 1 heterocycles. The maximum absolute atomic E-state index is 3.58. The molecule has 0 amide bonds. The number of halogens is 1. The summed E-state index contributed by atoms with van der Waals surface area (Å²) in [5.41, 5.74) is 2.47. The highest BCUT2D eigenvalue weighted by molar-refractivity contribution is 9.15. The van der Waals surface area contributed by atoms with Crippen molar-refractivity contribution in [3.63, 3.8) is 0 Å². The predicted molar refractivity (Wildman–Crippen MR) is 61.0 cm³/mol. The number of rotatable bonds is 0. The molecular weight excluding hydrogens is 226 g/mol. The Kier molecular flexibility index (Phi) is 1.95. The fourth-order valence-electron chi connectivity index (χ4n) is 1.58. The second kappa shape index (κ2) is 2.88. The predicted octanol–water partition coefficient (Wildman–Crippen LogP) is 3.63. The van der Waals surface area contributed by atoms with Crippen LogP contribution in [0.15, 0.2) is 30.3 Å². The van der Waals surface area contributed by atoms with Gasteiger partial charge >= 0.3 is 0 Å². The van der Waals surface area contributed by atoms with Crippen molar-refractivity contribution in [3.05, 3.63) is 35.9 Å². The molecule has 1 aliphatic heterocycles. The Morgan fingerprint density at radius 3 is 2.69 bits per heavy atom. The average Bonchev–Trinajstić information content (AvgIpc) is 2.02. The molecule has 0 bridgehead atoms. The molecule has 0 fully saturated rings. The van der Waals surface area contributed by atoms with Gasteiger partial charge in [0.25, 0.3) is 0 Å². The summed E-state index contributed by atoms with van der Waals surface area (Å²) in [4.78, 5) is 0. The lowest BCUT2D eigenvalue weighted by molar-refractivity contribution is 0.710. The zero-order chi connectivity index (χ0) is 9.47. The molecule has 1 aliphatic rings. The first-order chi connectivity index (χ1) is 6.08. The lowest BCUT2D eigenvalue weighted by atomic mass is 9.97. The second-order valence-corrected chi connectivity index (χ2v) is 4.74. The van der Waals surface area contributed by atoms with Crippen LogP contribution in [0.25, 0.3) is 4.48 Å². The number of hydrogen-bond donors (Lipinski definition) is 1. The largest absolute Gasteiger partial charge is 0.376 e. The first kappa shape index (κ1) is 8.82. The Balaban J connectivity index is 2.55. The summed E-state index contributed by atoms with van der Waals surface area (Å²) in [5.74, 6) is 0. The molecule has 1 N–H and O–H groups in total. The Labute approximate surface area is 87.0 Å². The van der Waals surface area contributed by atoms with Crippen molar-refractivity contribution in [3.8, 4) is 0 Å². The summed E-state index contributed by atoms with van der Waals surface area (Å²) < 4.78 is 1.17. The highest BCUT2D eigenvalue weighted by Crippen LogP contribution is 2.36. The Hall–Kier alpha value is -0.760. The minimum Gasteiger partial charge on any atom is -0.376 e. The fourth-order valence-corrected chi connectivity index (χ4v) is 2.50. The standard InChI is InChI=1S/C11H12BrN/c1-11(2)7-9(12)8-5-3-4-6-10(8)13-11/h3-7,13H,1-2H3.